The van der Waals surface area contributed by atoms with Crippen LogP contribution in [0.3, 0.4) is 0 Å². The Bertz CT molecular complexity index is 2230. The largest absolute Gasteiger partial charge is 0.480 e. The molecule has 0 saturated carbocycles. The van der Waals surface area contributed by atoms with Gasteiger partial charge in [-0.25, -0.2) is 37.4 Å². The first-order valence-electron chi connectivity index (χ1n) is 12.7. The average molecular weight is 622 g/mol. The molecule has 0 amide bonds. The summed E-state index contributed by atoms with van der Waals surface area (Å²) in [6.07, 6.45) is 3.75. The van der Waals surface area contributed by atoms with Gasteiger partial charge in [0.15, 0.2) is 10.6 Å². The van der Waals surface area contributed by atoms with Crippen molar-refractivity contribution in [1.29, 1.82) is 0 Å². The normalized spacial score (nSPS) is 12.6. The summed E-state index contributed by atoms with van der Waals surface area (Å²) in [6.45, 7) is 3.59. The topological polar surface area (TPSA) is 172 Å². The van der Waals surface area contributed by atoms with Gasteiger partial charge in [0.1, 0.15) is 29.3 Å². The van der Waals surface area contributed by atoms with E-state index in [0.717, 1.165) is 6.26 Å². The highest BCUT2D eigenvalue weighted by atomic mass is 32.2. The summed E-state index contributed by atoms with van der Waals surface area (Å²) in [7, 11) is -2.30. The predicted molar refractivity (Wildman–Crippen MR) is 161 cm³/mol. The number of fused-ring (bicyclic) bond motifs is 2. The van der Waals surface area contributed by atoms with Crippen LogP contribution in [0.5, 0.6) is 5.88 Å². The highest BCUT2D eigenvalue weighted by molar-refractivity contribution is 7.92. The van der Waals surface area contributed by atoms with Crippen LogP contribution in [0.1, 0.15) is 24.4 Å². The molecule has 0 aliphatic rings. The SMILES string of the molecule is COc1ncc(-c2nn(C(C)c3nc4scc(C)n4c(=O)c3-c3cccc(F)c3)c3ncnc(N)c23)cc1NS(C)(=O)=O. The van der Waals surface area contributed by atoms with Crippen molar-refractivity contribution in [2.75, 3.05) is 23.8 Å². The molecule has 0 aliphatic carbocycles. The van der Waals surface area contributed by atoms with Crippen LogP contribution in [0.25, 0.3) is 38.4 Å². The second-order valence-corrected chi connectivity index (χ2v) is 12.3. The standard InChI is InChI=1S/C27H24FN9O4S2/c1-13-11-42-27-33-21(19(26(38)36(13)27)15-6-5-7-17(28)8-15)14(2)37-24-20(23(29)31-12-32-24)22(34-37)16-9-18(35-43(4,39)40)25(41-3)30-10-16/h5-12,14,35H,1-4H3,(H2,29,31,32). The summed E-state index contributed by atoms with van der Waals surface area (Å²) in [5.41, 5.74) is 8.71. The lowest BCUT2D eigenvalue weighted by Gasteiger charge is -2.17. The van der Waals surface area contributed by atoms with Crippen molar-refractivity contribution in [3.8, 4) is 28.3 Å². The third-order valence-corrected chi connectivity index (χ3v) is 8.31. The molecule has 0 saturated heterocycles. The van der Waals surface area contributed by atoms with E-state index in [4.69, 9.17) is 20.6 Å². The Hall–Kier alpha value is -4.96. The number of aryl methyl sites for hydroxylation is 1. The number of aromatic nitrogens is 7. The number of methoxy groups -OCH3 is 1. The van der Waals surface area contributed by atoms with Gasteiger partial charge in [-0.15, -0.1) is 11.3 Å². The van der Waals surface area contributed by atoms with Crippen LogP contribution in [0.4, 0.5) is 15.9 Å². The molecule has 5 heterocycles. The molecule has 0 bridgehead atoms. The summed E-state index contributed by atoms with van der Waals surface area (Å²) in [5.74, 6) is -0.324. The molecule has 220 valence electrons. The second kappa shape index (κ2) is 10.4. The van der Waals surface area contributed by atoms with Gasteiger partial charge in [-0.2, -0.15) is 5.10 Å². The monoisotopic (exact) mass is 621 g/mol. The predicted octanol–water partition coefficient (Wildman–Crippen LogP) is 3.64. The van der Waals surface area contributed by atoms with E-state index >= 15 is 0 Å². The molecule has 43 heavy (non-hydrogen) atoms. The van der Waals surface area contributed by atoms with E-state index in [0.29, 0.717) is 44.2 Å². The molecule has 1 unspecified atom stereocenters. The zero-order valence-electron chi connectivity index (χ0n) is 23.2. The van der Waals surface area contributed by atoms with Gasteiger partial charge in [0, 0.05) is 22.8 Å². The molecule has 13 nitrogen and oxygen atoms in total. The maximum atomic E-state index is 14.4. The molecule has 0 spiro atoms. The number of hydrogen-bond donors (Lipinski definition) is 2. The van der Waals surface area contributed by atoms with Gasteiger partial charge in [-0.05, 0) is 37.6 Å². The lowest BCUT2D eigenvalue weighted by Crippen LogP contribution is -2.23. The van der Waals surface area contributed by atoms with Gasteiger partial charge in [0.25, 0.3) is 5.56 Å². The number of hydrogen-bond acceptors (Lipinski definition) is 11. The van der Waals surface area contributed by atoms with Crippen molar-refractivity contribution < 1.29 is 17.5 Å². The summed E-state index contributed by atoms with van der Waals surface area (Å²) in [5, 5.41) is 7.01. The Labute approximate surface area is 247 Å². The Morgan fingerprint density at radius 3 is 2.67 bits per heavy atom. The minimum Gasteiger partial charge on any atom is -0.480 e. The Balaban J connectivity index is 1.60. The molecule has 5 aromatic heterocycles. The fourth-order valence-electron chi connectivity index (χ4n) is 4.92. The van der Waals surface area contributed by atoms with Crippen molar-refractivity contribution in [1.82, 2.24) is 34.1 Å². The maximum Gasteiger partial charge on any atom is 0.266 e. The minimum absolute atomic E-state index is 0.0551. The first kappa shape index (κ1) is 28.2. The van der Waals surface area contributed by atoms with E-state index in [1.165, 1.54) is 59.6 Å². The second-order valence-electron chi connectivity index (χ2n) is 9.76. The van der Waals surface area contributed by atoms with Gasteiger partial charge in [-0.1, -0.05) is 12.1 Å². The van der Waals surface area contributed by atoms with Crippen molar-refractivity contribution in [2.24, 2.45) is 0 Å². The molecule has 6 rings (SSSR count). The maximum absolute atomic E-state index is 14.4. The first-order valence-corrected chi connectivity index (χ1v) is 15.5. The van der Waals surface area contributed by atoms with Gasteiger partial charge in [0.2, 0.25) is 15.9 Å². The number of pyridine rings is 1. The van der Waals surface area contributed by atoms with Crippen LogP contribution in [0.2, 0.25) is 0 Å². The molecule has 16 heteroatoms. The molecular formula is C27H24FN9O4S2. The number of halogens is 1. The van der Waals surface area contributed by atoms with Crippen LogP contribution in [0, 0.1) is 12.7 Å². The van der Waals surface area contributed by atoms with Gasteiger partial charge in [-0.3, -0.25) is 13.9 Å². The van der Waals surface area contributed by atoms with E-state index in [9.17, 15) is 17.6 Å². The number of ether oxygens (including phenoxy) is 1. The lowest BCUT2D eigenvalue weighted by molar-refractivity contribution is 0.400. The summed E-state index contributed by atoms with van der Waals surface area (Å²) >= 11 is 1.31. The summed E-state index contributed by atoms with van der Waals surface area (Å²) in [6, 6.07) is 6.58. The number of nitrogen functional groups attached to an aromatic ring is 1. The number of nitrogens with one attached hydrogen (secondary N) is 1. The Morgan fingerprint density at radius 2 is 1.95 bits per heavy atom. The molecule has 1 atom stereocenters. The van der Waals surface area contributed by atoms with E-state index in [2.05, 4.69) is 19.7 Å². The van der Waals surface area contributed by atoms with Gasteiger partial charge >= 0.3 is 0 Å². The number of nitrogens with zero attached hydrogens (tertiary/aromatic N) is 7. The highest BCUT2D eigenvalue weighted by Crippen LogP contribution is 2.37. The van der Waals surface area contributed by atoms with Crippen molar-refractivity contribution in [3.05, 3.63) is 75.8 Å². The smallest absolute Gasteiger partial charge is 0.266 e. The first-order chi connectivity index (χ1) is 20.5. The zero-order valence-corrected chi connectivity index (χ0v) is 24.9. The van der Waals surface area contributed by atoms with Crippen LogP contribution in [0.15, 0.2) is 53.0 Å². The number of nitrogens with two attached hydrogens (primary N) is 1. The molecule has 6 aromatic rings. The molecule has 0 radical (unpaired) electrons. The number of anilines is 2. The fraction of sp³-hybridized carbons (Fsp3) is 0.185. The van der Waals surface area contributed by atoms with Gasteiger partial charge < -0.3 is 10.5 Å². The summed E-state index contributed by atoms with van der Waals surface area (Å²) in [4.78, 5) is 32.0. The third kappa shape index (κ3) is 4.93. The van der Waals surface area contributed by atoms with E-state index in [1.807, 2.05) is 5.38 Å². The van der Waals surface area contributed by atoms with Crippen molar-refractivity contribution >= 4 is 48.9 Å². The lowest BCUT2D eigenvalue weighted by atomic mass is 10.0. The number of benzene rings is 1. The number of sulfonamides is 1. The highest BCUT2D eigenvalue weighted by Gasteiger charge is 2.27. The number of rotatable bonds is 7. The van der Waals surface area contributed by atoms with E-state index in [1.54, 1.807) is 24.6 Å². The Morgan fingerprint density at radius 1 is 1.16 bits per heavy atom. The van der Waals surface area contributed by atoms with Crippen LogP contribution in [-0.4, -0.2) is 55.9 Å². The van der Waals surface area contributed by atoms with Crippen molar-refractivity contribution in [2.45, 2.75) is 19.9 Å². The zero-order chi connectivity index (χ0) is 30.6. The van der Waals surface area contributed by atoms with Gasteiger partial charge in [0.05, 0.1) is 36.1 Å². The van der Waals surface area contributed by atoms with Crippen molar-refractivity contribution in [3.63, 3.8) is 0 Å². The van der Waals surface area contributed by atoms with E-state index < -0.39 is 21.9 Å². The average Bonchev–Trinajstić information content (AvgIpc) is 3.53. The minimum atomic E-state index is -3.67. The Kier molecular flexibility index (Phi) is 6.81. The van der Waals surface area contributed by atoms with Crippen LogP contribution < -0.4 is 20.8 Å². The molecule has 0 fully saturated rings. The molecule has 1 aromatic carbocycles. The third-order valence-electron chi connectivity index (χ3n) is 6.78. The van der Waals surface area contributed by atoms with E-state index in [-0.39, 0.29) is 28.5 Å². The summed E-state index contributed by atoms with van der Waals surface area (Å²) < 4.78 is 49.1. The van der Waals surface area contributed by atoms with Crippen LogP contribution in [-0.2, 0) is 10.0 Å². The molecule has 3 N–H and O–H groups in total. The molecular weight excluding hydrogens is 597 g/mol. The van der Waals surface area contributed by atoms with Crippen LogP contribution >= 0.6 is 11.3 Å². The quantitative estimate of drug-likeness (QED) is 0.268. The fourth-order valence-corrected chi connectivity index (χ4v) is 6.33. The number of thiazole rings is 1. The molecule has 0 aliphatic heterocycles.